The van der Waals surface area contributed by atoms with Crippen LogP contribution in [0.2, 0.25) is 0 Å². The van der Waals surface area contributed by atoms with Crippen molar-refractivity contribution in [3.8, 4) is 0 Å². The molecule has 0 aromatic rings. The normalized spacial score (nSPS) is 45.7. The van der Waals surface area contributed by atoms with Crippen molar-refractivity contribution in [1.29, 1.82) is 0 Å². The summed E-state index contributed by atoms with van der Waals surface area (Å²) in [5, 5.41) is 141. The number of aliphatic carboxylic acids is 1. The van der Waals surface area contributed by atoms with E-state index in [4.69, 9.17) is 33.2 Å². The SMILES string of the molecule is CC(=O)N[C@H]1[C@@H](O[C@@H]2O[C@H](CO[C@]3(C(=O)O)C[C@H](O)[C@@H](NC(C)=O)[C@H]([C@H](O)[C@H](O)CO)O3)[C@H](O)[C@H](O)[C@H]2O)[C@H](O[C@@H]2O[C@@H](C)[C@@H](O)[C@@H](O)[C@@H]2O)[C@@H](CO)O[C@H]1O. The van der Waals surface area contributed by atoms with E-state index >= 15 is 0 Å². The van der Waals surface area contributed by atoms with Crippen LogP contribution in [0.5, 0.6) is 0 Å². The van der Waals surface area contributed by atoms with Crippen LogP contribution in [-0.4, -0.2) is 232 Å². The zero-order chi connectivity index (χ0) is 42.0. The lowest BCUT2D eigenvalue weighted by Crippen LogP contribution is -2.70. The predicted molar refractivity (Wildman–Crippen MR) is 173 cm³/mol. The van der Waals surface area contributed by atoms with Crippen LogP contribution >= 0.6 is 0 Å². The number of hydrogen-bond donors (Lipinski definition) is 15. The van der Waals surface area contributed by atoms with E-state index in [0.29, 0.717) is 0 Å². The third-order valence-electron chi connectivity index (χ3n) is 9.94. The molecule has 0 aliphatic carbocycles. The highest BCUT2D eigenvalue weighted by Crippen LogP contribution is 2.36. The van der Waals surface area contributed by atoms with Gasteiger partial charge in [-0.2, -0.15) is 0 Å². The Kier molecular flexibility index (Phi) is 15.8. The van der Waals surface area contributed by atoms with E-state index in [0.717, 1.165) is 13.8 Å². The first-order valence-corrected chi connectivity index (χ1v) is 17.6. The van der Waals surface area contributed by atoms with E-state index in [1.807, 2.05) is 0 Å². The van der Waals surface area contributed by atoms with Crippen LogP contribution in [0.15, 0.2) is 0 Å². The number of aliphatic hydroxyl groups excluding tert-OH is 12. The van der Waals surface area contributed by atoms with E-state index in [1.54, 1.807) is 0 Å². The van der Waals surface area contributed by atoms with Gasteiger partial charge in [-0.15, -0.1) is 0 Å². The fourth-order valence-electron chi connectivity index (χ4n) is 6.88. The van der Waals surface area contributed by atoms with E-state index in [2.05, 4.69) is 10.6 Å². The molecule has 0 saturated carbocycles. The van der Waals surface area contributed by atoms with Crippen molar-refractivity contribution in [2.45, 2.75) is 155 Å². The molecule has 0 aromatic heterocycles. The average Bonchev–Trinajstić information content (AvgIpc) is 3.14. The first kappa shape index (κ1) is 46.3. The number of hydrogen-bond acceptors (Lipinski definition) is 22. The molecule has 4 fully saturated rings. The zero-order valence-electron chi connectivity index (χ0n) is 30.3. The van der Waals surface area contributed by atoms with Crippen LogP contribution in [0.25, 0.3) is 0 Å². The van der Waals surface area contributed by atoms with Crippen LogP contribution in [0, 0.1) is 0 Å². The second-order valence-corrected chi connectivity index (χ2v) is 14.1. The molecule has 4 aliphatic heterocycles. The summed E-state index contributed by atoms with van der Waals surface area (Å²) in [5.74, 6) is -6.36. The van der Waals surface area contributed by atoms with Crippen molar-refractivity contribution in [3.05, 3.63) is 0 Å². The standard InChI is InChI=1S/C31H52N2O23/c1-8-17(40)20(43)22(45)28(51-8)54-24-13(6-35)52-27(47)16(33-10(3)37)26(24)55-29-23(46)21(44)19(42)14(53-29)7-50-31(30(48)49)4-11(38)15(32-9(2)36)25(56-31)18(41)12(39)5-34/h8,11-29,34-35,38-47H,4-7H2,1-3H3,(H,32,36)(H,33,37)(H,48,49)/t8-,11-,12+,13+,14+,15+,16-,17+,18+,19-,20+,21-,22-,23+,24+,25+,26+,27+,28-,29-,31+/m0/s1. The van der Waals surface area contributed by atoms with Crippen LogP contribution in [0.3, 0.4) is 0 Å². The monoisotopic (exact) mass is 820 g/mol. The number of amides is 2. The Morgan fingerprint density at radius 3 is 1.86 bits per heavy atom. The number of rotatable bonds is 14. The summed E-state index contributed by atoms with van der Waals surface area (Å²) < 4.78 is 39.4. The van der Waals surface area contributed by atoms with Crippen molar-refractivity contribution >= 4 is 17.8 Å². The van der Waals surface area contributed by atoms with Gasteiger partial charge in [0.1, 0.15) is 85.4 Å². The van der Waals surface area contributed by atoms with Gasteiger partial charge in [0.25, 0.3) is 5.79 Å². The maximum Gasteiger partial charge on any atom is 0.364 e. The van der Waals surface area contributed by atoms with E-state index in [9.17, 15) is 80.8 Å². The van der Waals surface area contributed by atoms with Crippen molar-refractivity contribution < 1.29 is 114 Å². The first-order valence-electron chi connectivity index (χ1n) is 17.6. The highest BCUT2D eigenvalue weighted by molar-refractivity contribution is 5.76. The molecule has 324 valence electrons. The smallest absolute Gasteiger partial charge is 0.364 e. The second kappa shape index (κ2) is 19.1. The molecular formula is C31H52N2O23. The van der Waals surface area contributed by atoms with Gasteiger partial charge in [-0.05, 0) is 6.92 Å². The number of carboxylic acid groups (broad SMARTS) is 1. The Labute approximate surface area is 317 Å². The third kappa shape index (κ3) is 9.91. The Morgan fingerprint density at radius 2 is 1.30 bits per heavy atom. The lowest BCUT2D eigenvalue weighted by molar-refractivity contribution is -0.375. The molecule has 4 aliphatic rings. The lowest BCUT2D eigenvalue weighted by Gasteiger charge is -2.49. The Morgan fingerprint density at radius 1 is 0.750 bits per heavy atom. The number of carbonyl (C=O) groups excluding carboxylic acids is 2. The Bertz CT molecular complexity index is 1330. The van der Waals surface area contributed by atoms with Crippen molar-refractivity contribution in [2.24, 2.45) is 0 Å². The first-order chi connectivity index (χ1) is 26.2. The molecule has 0 spiro atoms. The van der Waals surface area contributed by atoms with Gasteiger partial charge in [0.05, 0.1) is 38.1 Å². The minimum Gasteiger partial charge on any atom is -0.477 e. The van der Waals surface area contributed by atoms with Crippen molar-refractivity contribution in [2.75, 3.05) is 19.8 Å². The minimum atomic E-state index is -2.92. The molecule has 15 N–H and O–H groups in total. The molecule has 0 radical (unpaired) electrons. The molecule has 0 aromatic carbocycles. The van der Waals surface area contributed by atoms with E-state index < -0.39 is 172 Å². The molecule has 25 heteroatoms. The average molecular weight is 821 g/mol. The van der Waals surface area contributed by atoms with Gasteiger partial charge < -0.3 is 110 Å². The summed E-state index contributed by atoms with van der Waals surface area (Å²) >= 11 is 0. The molecule has 4 heterocycles. The summed E-state index contributed by atoms with van der Waals surface area (Å²) in [4.78, 5) is 36.7. The van der Waals surface area contributed by atoms with Crippen molar-refractivity contribution in [3.63, 3.8) is 0 Å². The van der Waals surface area contributed by atoms with Gasteiger partial charge >= 0.3 is 5.97 Å². The summed E-state index contributed by atoms with van der Waals surface area (Å²) in [6, 6.07) is -3.17. The Hall–Kier alpha value is -2.35. The van der Waals surface area contributed by atoms with Gasteiger partial charge in [0.15, 0.2) is 18.9 Å². The van der Waals surface area contributed by atoms with Gasteiger partial charge in [0.2, 0.25) is 11.8 Å². The van der Waals surface area contributed by atoms with E-state index in [1.165, 1.54) is 6.92 Å². The van der Waals surface area contributed by atoms with Gasteiger partial charge in [-0.3, -0.25) is 9.59 Å². The number of carbonyl (C=O) groups is 3. The number of aliphatic hydroxyl groups is 12. The van der Waals surface area contributed by atoms with Crippen LogP contribution in [0.4, 0.5) is 0 Å². The second-order valence-electron chi connectivity index (χ2n) is 14.1. The van der Waals surface area contributed by atoms with E-state index in [-0.39, 0.29) is 0 Å². The lowest BCUT2D eigenvalue weighted by atomic mass is 9.88. The molecule has 0 unspecified atom stereocenters. The predicted octanol–water partition coefficient (Wildman–Crippen LogP) is -9.23. The highest BCUT2D eigenvalue weighted by atomic mass is 16.8. The molecule has 4 rings (SSSR count). The Balaban J connectivity index is 1.62. The highest BCUT2D eigenvalue weighted by Gasteiger charge is 2.58. The van der Waals surface area contributed by atoms with Crippen LogP contribution in [0.1, 0.15) is 27.2 Å². The summed E-state index contributed by atoms with van der Waals surface area (Å²) in [6.45, 7) is 0.400. The van der Waals surface area contributed by atoms with Crippen molar-refractivity contribution in [1.82, 2.24) is 10.6 Å². The third-order valence-corrected chi connectivity index (χ3v) is 9.94. The van der Waals surface area contributed by atoms with Gasteiger partial charge in [0, 0.05) is 20.3 Å². The maximum atomic E-state index is 12.6. The minimum absolute atomic E-state index is 0.751. The maximum absolute atomic E-state index is 12.6. The molecule has 21 atom stereocenters. The molecule has 25 nitrogen and oxygen atoms in total. The zero-order valence-corrected chi connectivity index (χ0v) is 30.3. The largest absolute Gasteiger partial charge is 0.477 e. The summed E-state index contributed by atoms with van der Waals surface area (Å²) in [7, 11) is 0. The molecule has 56 heavy (non-hydrogen) atoms. The van der Waals surface area contributed by atoms with Gasteiger partial charge in [-0.1, -0.05) is 0 Å². The molecular weight excluding hydrogens is 768 g/mol. The number of carboxylic acids is 1. The van der Waals surface area contributed by atoms with Gasteiger partial charge in [-0.25, -0.2) is 4.79 Å². The summed E-state index contributed by atoms with van der Waals surface area (Å²) in [6.07, 6.45) is -34.2. The molecule has 4 saturated heterocycles. The van der Waals surface area contributed by atoms with Crippen LogP contribution < -0.4 is 10.6 Å². The molecule has 2 amide bonds. The molecule has 0 bridgehead atoms. The number of nitrogens with one attached hydrogen (secondary N) is 2. The number of ether oxygens (including phenoxy) is 7. The topological polar surface area (TPSA) is 403 Å². The summed E-state index contributed by atoms with van der Waals surface area (Å²) in [5.41, 5.74) is 0. The van der Waals surface area contributed by atoms with Crippen LogP contribution in [-0.2, 0) is 47.5 Å². The quantitative estimate of drug-likeness (QED) is 0.0773. The fourth-order valence-corrected chi connectivity index (χ4v) is 6.88. The fraction of sp³-hybridized carbons (Fsp3) is 0.903.